The minimum absolute atomic E-state index is 0.890. The van der Waals surface area contributed by atoms with Crippen molar-refractivity contribution in [1.29, 1.82) is 0 Å². The molecular weight excluding hydrogens is 1530 g/mol. The lowest BCUT2D eigenvalue weighted by molar-refractivity contribution is 0.668. The first-order valence-electron chi connectivity index (χ1n) is 42.8. The Kier molecular flexibility index (Phi) is 21.1. The lowest BCUT2D eigenvalue weighted by atomic mass is 9.99. The second kappa shape index (κ2) is 34.7. The number of hydrogen-bond donors (Lipinski definition) is 0. The molecule has 0 spiro atoms. The summed E-state index contributed by atoms with van der Waals surface area (Å²) >= 11 is 0. The third kappa shape index (κ3) is 15.7. The lowest BCUT2D eigenvalue weighted by Crippen LogP contribution is -2.12. The Morgan fingerprint density at radius 3 is 0.651 bits per heavy atom. The van der Waals surface area contributed by atoms with E-state index >= 15 is 0 Å². The highest BCUT2D eigenvalue weighted by Crippen LogP contribution is 2.48. The molecule has 2 aromatic heterocycles. The van der Waals surface area contributed by atoms with Gasteiger partial charge in [-0.05, 0) is 248 Å². The van der Waals surface area contributed by atoms with Crippen LogP contribution in [0.5, 0.6) is 0 Å². The Bertz CT molecular complexity index is 7390. The molecule has 6 heteroatoms. The van der Waals surface area contributed by atoms with Crippen LogP contribution in [0.4, 0.5) is 68.2 Å². The number of nitrogens with zero attached hydrogens (tertiary/aromatic N) is 4. The van der Waals surface area contributed by atoms with E-state index in [1.165, 1.54) is 44.5 Å². The number of anilines is 12. The quantitative estimate of drug-likeness (QED) is 0.0757. The fourth-order valence-electron chi connectivity index (χ4n) is 17.5. The third-order valence-electron chi connectivity index (χ3n) is 23.8. The van der Waals surface area contributed by atoms with Gasteiger partial charge in [0.25, 0.3) is 0 Å². The van der Waals surface area contributed by atoms with E-state index in [0.29, 0.717) is 0 Å². The first-order valence-corrected chi connectivity index (χ1v) is 42.8. The molecule has 0 saturated heterocycles. The standard InChI is InChI=1S/C66H46N2O.C54H38N2O/c1-4-15-47(16-5-1)50-27-36-56(37-28-50)67(57-38-29-51(30-39-57)48-17-6-2-7-18-48)60-22-14-21-55(45-60)61-23-10-12-25-64(61)68(58-40-31-52(32-41-58)49-19-8-3-9-20-49)59-42-33-53(34-43-59)54-35-44-63-62-24-11-13-26-65(62)69-66(63)46-54;1-4-15-39(16-5-1)40-27-32-46(33-28-40)56(47-34-29-41(30-35-47)42-31-36-51-50-24-11-13-26-53(50)57-54(51)38-42)52-25-12-10-23-49(52)43-17-14-22-48(37-43)55(44-18-6-2-7-19-44)45-20-8-3-9-21-45/h1-46H;1-38H. The monoisotopic (exact) mass is 1610 g/mol. The molecule has 22 rings (SSSR count). The van der Waals surface area contributed by atoms with Crippen LogP contribution in [0.2, 0.25) is 0 Å². The molecule has 0 aliphatic carbocycles. The zero-order valence-corrected chi connectivity index (χ0v) is 69.1. The van der Waals surface area contributed by atoms with Gasteiger partial charge in [0.05, 0.1) is 11.4 Å². The highest BCUT2D eigenvalue weighted by Gasteiger charge is 2.24. The molecule has 0 saturated carbocycles. The van der Waals surface area contributed by atoms with E-state index in [1.54, 1.807) is 0 Å². The van der Waals surface area contributed by atoms with Gasteiger partial charge in [0.1, 0.15) is 22.3 Å². The van der Waals surface area contributed by atoms with Crippen molar-refractivity contribution in [3.8, 4) is 89.0 Å². The summed E-state index contributed by atoms with van der Waals surface area (Å²) in [5.74, 6) is 0. The van der Waals surface area contributed by atoms with Crippen molar-refractivity contribution in [2.75, 3.05) is 19.6 Å². The maximum atomic E-state index is 6.29. The van der Waals surface area contributed by atoms with Crippen LogP contribution in [0.3, 0.4) is 0 Å². The highest BCUT2D eigenvalue weighted by molar-refractivity contribution is 6.07. The molecule has 22 aromatic rings. The van der Waals surface area contributed by atoms with Crippen LogP contribution in [0, 0.1) is 0 Å². The van der Waals surface area contributed by atoms with Crippen molar-refractivity contribution in [2.45, 2.75) is 0 Å². The Morgan fingerprint density at radius 1 is 0.119 bits per heavy atom. The van der Waals surface area contributed by atoms with Crippen LogP contribution >= 0.6 is 0 Å². The molecule has 0 atom stereocenters. The first-order chi connectivity index (χ1) is 62.5. The summed E-state index contributed by atoms with van der Waals surface area (Å²) in [4.78, 5) is 9.42. The van der Waals surface area contributed by atoms with Gasteiger partial charge in [-0.1, -0.05) is 340 Å². The fourth-order valence-corrected chi connectivity index (χ4v) is 17.5. The van der Waals surface area contributed by atoms with Gasteiger partial charge in [-0.25, -0.2) is 0 Å². The van der Waals surface area contributed by atoms with Gasteiger partial charge in [-0.3, -0.25) is 0 Å². The zero-order valence-electron chi connectivity index (χ0n) is 69.1. The van der Waals surface area contributed by atoms with Crippen LogP contribution in [0.15, 0.2) is 518 Å². The minimum Gasteiger partial charge on any atom is -0.456 e. The summed E-state index contributed by atoms with van der Waals surface area (Å²) < 4.78 is 12.5. The van der Waals surface area contributed by atoms with Crippen molar-refractivity contribution >= 4 is 112 Å². The molecule has 6 nitrogen and oxygen atoms in total. The van der Waals surface area contributed by atoms with Crippen molar-refractivity contribution in [2.24, 2.45) is 0 Å². The van der Waals surface area contributed by atoms with Gasteiger partial charge in [-0.15, -0.1) is 0 Å². The summed E-state index contributed by atoms with van der Waals surface area (Å²) in [5.41, 5.74) is 35.0. The van der Waals surface area contributed by atoms with Crippen molar-refractivity contribution < 1.29 is 8.83 Å². The van der Waals surface area contributed by atoms with E-state index in [4.69, 9.17) is 8.83 Å². The number of furan rings is 2. The third-order valence-corrected chi connectivity index (χ3v) is 23.8. The molecule has 0 bridgehead atoms. The molecule has 2 heterocycles. The van der Waals surface area contributed by atoms with Gasteiger partial charge < -0.3 is 28.4 Å². The highest BCUT2D eigenvalue weighted by atomic mass is 16.3. The average Bonchev–Trinajstić information content (AvgIpc) is 0.998. The summed E-state index contributed by atoms with van der Waals surface area (Å²) in [6.07, 6.45) is 0. The molecule has 0 aliphatic heterocycles. The SMILES string of the molecule is c1ccc(-c2ccc(N(c3ccc(-c4ccc5c(c4)oc4ccccc45)cc3)c3ccccc3-c3cccc(N(c4ccccc4)c4ccccc4)c3)cc2)cc1.c1ccc(-c2ccc(N(c3ccc(-c4ccccc4)cc3)c3cccc(-c4ccccc4N(c4ccc(-c5ccccc5)cc4)c4ccc(-c5ccc6c(c5)oc5ccccc56)cc4)c3)cc2)cc1. The van der Waals surface area contributed by atoms with E-state index in [2.05, 4.69) is 505 Å². The van der Waals surface area contributed by atoms with Crippen molar-refractivity contribution in [1.82, 2.24) is 0 Å². The fraction of sp³-hybridized carbons (Fsp3) is 0. The molecule has 596 valence electrons. The molecule has 0 radical (unpaired) electrons. The second-order valence-electron chi connectivity index (χ2n) is 31.5. The predicted molar refractivity (Wildman–Crippen MR) is 530 cm³/mol. The van der Waals surface area contributed by atoms with E-state index < -0.39 is 0 Å². The zero-order chi connectivity index (χ0) is 83.9. The van der Waals surface area contributed by atoms with E-state index in [0.717, 1.165) is 157 Å². The van der Waals surface area contributed by atoms with Gasteiger partial charge in [0.2, 0.25) is 0 Å². The number of hydrogen-bond acceptors (Lipinski definition) is 6. The molecule has 0 amide bonds. The van der Waals surface area contributed by atoms with Gasteiger partial charge in [0.15, 0.2) is 0 Å². The van der Waals surface area contributed by atoms with Crippen molar-refractivity contribution in [3.63, 3.8) is 0 Å². The molecule has 0 aliphatic rings. The molecule has 0 N–H and O–H groups in total. The molecular formula is C120H84N4O2. The maximum Gasteiger partial charge on any atom is 0.136 e. The average molecular weight is 1610 g/mol. The Balaban J connectivity index is 0.000000157. The topological polar surface area (TPSA) is 39.2 Å². The maximum absolute atomic E-state index is 6.29. The van der Waals surface area contributed by atoms with Crippen LogP contribution < -0.4 is 19.6 Å². The van der Waals surface area contributed by atoms with E-state index in [9.17, 15) is 0 Å². The number of para-hydroxylation sites is 6. The summed E-state index contributed by atoms with van der Waals surface area (Å²) in [6.45, 7) is 0. The van der Waals surface area contributed by atoms with Crippen LogP contribution in [0.1, 0.15) is 0 Å². The smallest absolute Gasteiger partial charge is 0.136 e. The second-order valence-corrected chi connectivity index (χ2v) is 31.5. The van der Waals surface area contributed by atoms with Crippen LogP contribution in [-0.2, 0) is 0 Å². The lowest BCUT2D eigenvalue weighted by Gasteiger charge is -2.29. The van der Waals surface area contributed by atoms with Gasteiger partial charge >= 0.3 is 0 Å². The largest absolute Gasteiger partial charge is 0.456 e. The summed E-state index contributed by atoms with van der Waals surface area (Å²) in [6, 6.07) is 182. The molecule has 0 unspecified atom stereocenters. The Labute approximate surface area is 734 Å². The summed E-state index contributed by atoms with van der Waals surface area (Å²) in [7, 11) is 0. The van der Waals surface area contributed by atoms with E-state index in [1.807, 2.05) is 24.3 Å². The normalized spacial score (nSPS) is 11.2. The van der Waals surface area contributed by atoms with Gasteiger partial charge in [0, 0.05) is 89.5 Å². The Hall–Kier alpha value is -16.8. The molecule has 20 aromatic carbocycles. The predicted octanol–water partition coefficient (Wildman–Crippen LogP) is 34.4. The summed E-state index contributed by atoms with van der Waals surface area (Å²) in [5, 5.41) is 4.53. The van der Waals surface area contributed by atoms with E-state index in [-0.39, 0.29) is 0 Å². The van der Waals surface area contributed by atoms with Crippen LogP contribution in [0.25, 0.3) is 133 Å². The molecule has 0 fully saturated rings. The minimum atomic E-state index is 0.890. The number of rotatable bonds is 20. The Morgan fingerprint density at radius 2 is 0.333 bits per heavy atom. The number of benzene rings is 20. The first kappa shape index (κ1) is 76.6. The van der Waals surface area contributed by atoms with Crippen LogP contribution in [-0.4, -0.2) is 0 Å². The number of fused-ring (bicyclic) bond motifs is 6. The molecule has 126 heavy (non-hydrogen) atoms. The van der Waals surface area contributed by atoms with Gasteiger partial charge in [-0.2, -0.15) is 0 Å². The van der Waals surface area contributed by atoms with Crippen molar-refractivity contribution in [3.05, 3.63) is 510 Å².